The van der Waals surface area contributed by atoms with Gasteiger partial charge in [0.15, 0.2) is 0 Å². The summed E-state index contributed by atoms with van der Waals surface area (Å²) in [6.07, 6.45) is 16.8. The fourth-order valence-corrected chi connectivity index (χ4v) is 2.48. The molecule has 0 aromatic heterocycles. The number of esters is 1. The Kier molecular flexibility index (Phi) is 14.0. The fraction of sp³-hybridized carbons (Fsp3) is 0.833. The van der Waals surface area contributed by atoms with E-state index in [2.05, 4.69) is 13.5 Å². The van der Waals surface area contributed by atoms with Gasteiger partial charge in [0, 0.05) is 6.92 Å². The van der Waals surface area contributed by atoms with Gasteiger partial charge in [-0.3, -0.25) is 4.79 Å². The van der Waals surface area contributed by atoms with Gasteiger partial charge in [0.25, 0.3) is 0 Å². The maximum atomic E-state index is 11.0. The van der Waals surface area contributed by atoms with Gasteiger partial charge in [0.05, 0.1) is 0 Å². The predicted octanol–water partition coefficient (Wildman–Crippen LogP) is 5.81. The van der Waals surface area contributed by atoms with E-state index >= 15 is 0 Å². The van der Waals surface area contributed by atoms with E-state index in [0.717, 1.165) is 19.3 Å². The molecule has 0 aliphatic heterocycles. The Balaban J connectivity index is 3.47. The van der Waals surface area contributed by atoms with Crippen LogP contribution < -0.4 is 0 Å². The van der Waals surface area contributed by atoms with Crippen LogP contribution >= 0.6 is 0 Å². The highest BCUT2D eigenvalue weighted by atomic mass is 16.5. The Bertz CT molecular complexity index is 236. The van der Waals surface area contributed by atoms with Crippen molar-refractivity contribution >= 4 is 5.97 Å². The SMILES string of the molecule is C=CCCC(CCCCCCCCCCC)OC(C)=O. The predicted molar refractivity (Wildman–Crippen MR) is 86.8 cm³/mol. The summed E-state index contributed by atoms with van der Waals surface area (Å²) in [6.45, 7) is 7.48. The monoisotopic (exact) mass is 282 g/mol. The Hall–Kier alpha value is -0.790. The van der Waals surface area contributed by atoms with Gasteiger partial charge in [0.2, 0.25) is 0 Å². The third kappa shape index (κ3) is 13.6. The lowest BCUT2D eigenvalue weighted by molar-refractivity contribution is -0.146. The Morgan fingerprint density at radius 1 is 1.00 bits per heavy atom. The molecule has 0 N–H and O–H groups in total. The van der Waals surface area contributed by atoms with Crippen molar-refractivity contribution in [2.45, 2.75) is 97.0 Å². The summed E-state index contributed by atoms with van der Waals surface area (Å²) in [4.78, 5) is 11.0. The highest BCUT2D eigenvalue weighted by molar-refractivity contribution is 5.66. The second-order valence-corrected chi connectivity index (χ2v) is 5.71. The molecule has 2 nitrogen and oxygen atoms in total. The van der Waals surface area contributed by atoms with Gasteiger partial charge < -0.3 is 4.74 Å². The molecular weight excluding hydrogens is 248 g/mol. The molecule has 0 spiro atoms. The first-order valence-corrected chi connectivity index (χ1v) is 8.48. The summed E-state index contributed by atoms with van der Waals surface area (Å²) in [5.41, 5.74) is 0. The summed E-state index contributed by atoms with van der Waals surface area (Å²) in [6, 6.07) is 0. The largest absolute Gasteiger partial charge is 0.463 e. The molecule has 0 aliphatic carbocycles. The van der Waals surface area contributed by atoms with E-state index in [9.17, 15) is 4.79 Å². The Morgan fingerprint density at radius 2 is 1.55 bits per heavy atom. The topological polar surface area (TPSA) is 26.3 Å². The van der Waals surface area contributed by atoms with Crippen LogP contribution in [0.1, 0.15) is 90.9 Å². The Morgan fingerprint density at radius 3 is 2.05 bits per heavy atom. The molecule has 118 valence electrons. The zero-order valence-electron chi connectivity index (χ0n) is 13.7. The molecule has 0 heterocycles. The van der Waals surface area contributed by atoms with Crippen LogP contribution in [0.3, 0.4) is 0 Å². The molecule has 0 aromatic carbocycles. The van der Waals surface area contributed by atoms with E-state index in [1.165, 1.54) is 64.7 Å². The van der Waals surface area contributed by atoms with E-state index in [-0.39, 0.29) is 12.1 Å². The zero-order chi connectivity index (χ0) is 15.1. The highest BCUT2D eigenvalue weighted by Crippen LogP contribution is 2.15. The maximum absolute atomic E-state index is 11.0. The summed E-state index contributed by atoms with van der Waals surface area (Å²) >= 11 is 0. The minimum Gasteiger partial charge on any atom is -0.463 e. The maximum Gasteiger partial charge on any atom is 0.302 e. The number of rotatable bonds is 14. The molecule has 0 fully saturated rings. The van der Waals surface area contributed by atoms with Gasteiger partial charge in [-0.25, -0.2) is 0 Å². The van der Waals surface area contributed by atoms with Crippen molar-refractivity contribution in [1.82, 2.24) is 0 Å². The lowest BCUT2D eigenvalue weighted by atomic mass is 10.0. The van der Waals surface area contributed by atoms with E-state index in [1.807, 2.05) is 6.08 Å². The summed E-state index contributed by atoms with van der Waals surface area (Å²) < 4.78 is 5.34. The second kappa shape index (κ2) is 14.6. The van der Waals surface area contributed by atoms with Gasteiger partial charge in [-0.05, 0) is 25.7 Å². The summed E-state index contributed by atoms with van der Waals surface area (Å²) in [5, 5.41) is 0. The van der Waals surface area contributed by atoms with Gasteiger partial charge in [0.1, 0.15) is 6.10 Å². The number of hydrogen-bond acceptors (Lipinski definition) is 2. The van der Waals surface area contributed by atoms with Gasteiger partial charge in [-0.15, -0.1) is 6.58 Å². The minimum absolute atomic E-state index is 0.0926. The molecular formula is C18H34O2. The molecule has 0 bridgehead atoms. The fourth-order valence-electron chi connectivity index (χ4n) is 2.48. The lowest BCUT2D eigenvalue weighted by Crippen LogP contribution is -2.16. The van der Waals surface area contributed by atoms with Crippen LogP contribution in [0, 0.1) is 0 Å². The van der Waals surface area contributed by atoms with Crippen LogP contribution in [0.2, 0.25) is 0 Å². The van der Waals surface area contributed by atoms with E-state index in [1.54, 1.807) is 0 Å². The zero-order valence-corrected chi connectivity index (χ0v) is 13.7. The average molecular weight is 282 g/mol. The normalized spacial score (nSPS) is 12.1. The molecule has 0 rings (SSSR count). The molecule has 0 radical (unpaired) electrons. The summed E-state index contributed by atoms with van der Waals surface area (Å²) in [5.74, 6) is -0.157. The second-order valence-electron chi connectivity index (χ2n) is 5.71. The van der Waals surface area contributed by atoms with Crippen LogP contribution in [0.4, 0.5) is 0 Å². The smallest absolute Gasteiger partial charge is 0.302 e. The summed E-state index contributed by atoms with van der Waals surface area (Å²) in [7, 11) is 0. The molecule has 2 heteroatoms. The molecule has 0 amide bonds. The number of carbonyl (C=O) groups is 1. The number of unbranched alkanes of at least 4 members (excludes halogenated alkanes) is 8. The lowest BCUT2D eigenvalue weighted by Gasteiger charge is -2.16. The first-order valence-electron chi connectivity index (χ1n) is 8.48. The van der Waals surface area contributed by atoms with Crippen molar-refractivity contribution in [2.24, 2.45) is 0 Å². The number of ether oxygens (including phenoxy) is 1. The van der Waals surface area contributed by atoms with Crippen molar-refractivity contribution in [3.05, 3.63) is 12.7 Å². The first-order chi connectivity index (χ1) is 9.70. The number of allylic oxidation sites excluding steroid dienone is 1. The molecule has 1 unspecified atom stereocenters. The van der Waals surface area contributed by atoms with Crippen LogP contribution in [-0.4, -0.2) is 12.1 Å². The van der Waals surface area contributed by atoms with E-state index < -0.39 is 0 Å². The van der Waals surface area contributed by atoms with Gasteiger partial charge in [-0.2, -0.15) is 0 Å². The van der Waals surface area contributed by atoms with Crippen LogP contribution in [0.15, 0.2) is 12.7 Å². The van der Waals surface area contributed by atoms with Crippen molar-refractivity contribution in [1.29, 1.82) is 0 Å². The third-order valence-electron chi connectivity index (χ3n) is 3.66. The van der Waals surface area contributed by atoms with E-state index in [0.29, 0.717) is 0 Å². The standard InChI is InChI=1S/C18H34O2/c1-4-6-8-9-10-11-12-13-14-16-18(15-7-5-2)20-17(3)19/h5,18H,2,4,6-16H2,1,3H3. The molecule has 0 aromatic rings. The highest BCUT2D eigenvalue weighted by Gasteiger charge is 2.10. The average Bonchev–Trinajstić information content (AvgIpc) is 2.42. The van der Waals surface area contributed by atoms with Crippen molar-refractivity contribution in [2.75, 3.05) is 0 Å². The van der Waals surface area contributed by atoms with Crippen molar-refractivity contribution in [3.8, 4) is 0 Å². The minimum atomic E-state index is -0.157. The number of carbonyl (C=O) groups excluding carboxylic acids is 1. The molecule has 0 saturated heterocycles. The van der Waals surface area contributed by atoms with Gasteiger partial charge in [-0.1, -0.05) is 64.4 Å². The van der Waals surface area contributed by atoms with Crippen LogP contribution in [-0.2, 0) is 9.53 Å². The van der Waals surface area contributed by atoms with Gasteiger partial charge >= 0.3 is 5.97 Å². The van der Waals surface area contributed by atoms with Crippen molar-refractivity contribution in [3.63, 3.8) is 0 Å². The van der Waals surface area contributed by atoms with Crippen LogP contribution in [0.5, 0.6) is 0 Å². The molecule has 0 aliphatic rings. The van der Waals surface area contributed by atoms with E-state index in [4.69, 9.17) is 4.74 Å². The third-order valence-corrected chi connectivity index (χ3v) is 3.66. The quantitative estimate of drug-likeness (QED) is 0.228. The molecule has 1 atom stereocenters. The van der Waals surface area contributed by atoms with Crippen LogP contribution in [0.25, 0.3) is 0 Å². The first kappa shape index (κ1) is 19.2. The molecule has 20 heavy (non-hydrogen) atoms. The number of hydrogen-bond donors (Lipinski definition) is 0. The molecule has 0 saturated carbocycles. The van der Waals surface area contributed by atoms with Crippen molar-refractivity contribution < 1.29 is 9.53 Å². The Labute approximate surface area is 126 Å².